The van der Waals surface area contributed by atoms with E-state index in [2.05, 4.69) is 12.2 Å². The Labute approximate surface area is 187 Å². The van der Waals surface area contributed by atoms with Crippen molar-refractivity contribution >= 4 is 46.5 Å². The van der Waals surface area contributed by atoms with E-state index in [1.165, 1.54) is 10.5 Å². The fraction of sp³-hybridized carbons (Fsp3) is 0.348. The average Bonchev–Trinajstić information content (AvgIpc) is 2.73. The van der Waals surface area contributed by atoms with Gasteiger partial charge in [0.25, 0.3) is 0 Å². The zero-order chi connectivity index (χ0) is 22.1. The van der Waals surface area contributed by atoms with Gasteiger partial charge in [-0.3, -0.25) is 14.4 Å². The van der Waals surface area contributed by atoms with E-state index in [0.717, 1.165) is 12.8 Å². The topological polar surface area (TPSA) is 66.5 Å². The molecule has 0 radical (unpaired) electrons. The fourth-order valence-corrected chi connectivity index (χ4v) is 3.51. The number of likely N-dealkylation sites (N-methyl/N-ethyl adjacent to an activating group) is 1. The van der Waals surface area contributed by atoms with Gasteiger partial charge in [-0.1, -0.05) is 66.9 Å². The normalized spacial score (nSPS) is 10.5. The van der Waals surface area contributed by atoms with E-state index < -0.39 is 5.91 Å². The zero-order valence-corrected chi connectivity index (χ0v) is 18.7. The second-order valence-electron chi connectivity index (χ2n) is 6.92. The van der Waals surface area contributed by atoms with Crippen LogP contribution in [0.4, 0.5) is 5.69 Å². The number of nitrogens with one attached hydrogen (secondary N) is 1. The molecule has 160 valence electrons. The highest BCUT2D eigenvalue weighted by atomic mass is 35.5. The summed E-state index contributed by atoms with van der Waals surface area (Å²) in [5.74, 6) is -0.748. The third-order valence-corrected chi connectivity index (χ3v) is 5.31. The van der Waals surface area contributed by atoms with Crippen LogP contribution in [-0.2, 0) is 16.0 Å². The lowest BCUT2D eigenvalue weighted by Crippen LogP contribution is -2.38. The van der Waals surface area contributed by atoms with E-state index in [1.54, 1.807) is 37.3 Å². The number of carbonyl (C=O) groups excluding carboxylic acids is 3. The number of aryl methyl sites for hydroxylation is 1. The smallest absolute Gasteiger partial charge is 0.244 e. The summed E-state index contributed by atoms with van der Waals surface area (Å²) < 4.78 is 0. The van der Waals surface area contributed by atoms with Gasteiger partial charge < -0.3 is 10.2 Å². The Hall–Kier alpha value is -2.37. The molecule has 0 atom stereocenters. The van der Waals surface area contributed by atoms with Crippen molar-refractivity contribution < 1.29 is 14.4 Å². The number of ketones is 1. The Balaban J connectivity index is 1.89. The third kappa shape index (κ3) is 6.85. The standard InChI is InChI=1S/C23H26Cl2N2O3/c1-3-6-16-9-11-17(12-10-16)20(28)13-14-22(30)27(4-2)15-21(29)26-23-18(24)7-5-8-19(23)25/h5,7-12H,3-4,6,13-15H2,1-2H3,(H,26,29). The Morgan fingerprint density at radius 1 is 0.933 bits per heavy atom. The molecule has 0 heterocycles. The lowest BCUT2D eigenvalue weighted by Gasteiger charge is -2.20. The molecule has 2 rings (SSSR count). The summed E-state index contributed by atoms with van der Waals surface area (Å²) in [5.41, 5.74) is 2.10. The molecule has 1 N–H and O–H groups in total. The van der Waals surface area contributed by atoms with E-state index in [9.17, 15) is 14.4 Å². The van der Waals surface area contributed by atoms with Crippen LogP contribution in [0.5, 0.6) is 0 Å². The minimum atomic E-state index is -0.405. The van der Waals surface area contributed by atoms with Gasteiger partial charge in [0.15, 0.2) is 5.78 Å². The number of Topliss-reactive ketones (excluding diaryl/α,β-unsaturated/α-hetero) is 1. The van der Waals surface area contributed by atoms with Gasteiger partial charge in [0, 0.05) is 24.9 Å². The van der Waals surface area contributed by atoms with E-state index in [0.29, 0.717) is 27.8 Å². The number of nitrogens with zero attached hydrogens (tertiary/aromatic N) is 1. The fourth-order valence-electron chi connectivity index (χ4n) is 3.01. The maximum absolute atomic E-state index is 12.5. The number of para-hydroxylation sites is 1. The van der Waals surface area contributed by atoms with Gasteiger partial charge >= 0.3 is 0 Å². The molecule has 0 unspecified atom stereocenters. The number of anilines is 1. The van der Waals surface area contributed by atoms with Crippen molar-refractivity contribution in [2.24, 2.45) is 0 Å². The predicted molar refractivity (Wildman–Crippen MR) is 121 cm³/mol. The Bertz CT molecular complexity index is 878. The molecule has 2 aromatic carbocycles. The number of benzene rings is 2. The number of hydrogen-bond donors (Lipinski definition) is 1. The van der Waals surface area contributed by atoms with Gasteiger partial charge in [0.2, 0.25) is 11.8 Å². The lowest BCUT2D eigenvalue weighted by atomic mass is 10.0. The second kappa shape index (κ2) is 11.7. The molecule has 0 bridgehead atoms. The maximum Gasteiger partial charge on any atom is 0.244 e. The molecule has 2 aromatic rings. The summed E-state index contributed by atoms with van der Waals surface area (Å²) in [6.45, 7) is 4.09. The molecule has 7 heteroatoms. The van der Waals surface area contributed by atoms with E-state index in [4.69, 9.17) is 23.2 Å². The van der Waals surface area contributed by atoms with Crippen molar-refractivity contribution in [1.29, 1.82) is 0 Å². The number of amides is 2. The summed E-state index contributed by atoms with van der Waals surface area (Å²) in [6.07, 6.45) is 2.16. The number of carbonyl (C=O) groups is 3. The molecule has 0 aliphatic carbocycles. The molecule has 0 saturated heterocycles. The summed E-state index contributed by atoms with van der Waals surface area (Å²) in [6, 6.07) is 12.4. The van der Waals surface area contributed by atoms with Gasteiger partial charge in [-0.2, -0.15) is 0 Å². The number of hydrogen-bond acceptors (Lipinski definition) is 3. The van der Waals surface area contributed by atoms with E-state index in [1.807, 2.05) is 12.1 Å². The Morgan fingerprint density at radius 3 is 2.13 bits per heavy atom. The number of halogens is 2. The molecule has 2 amide bonds. The monoisotopic (exact) mass is 448 g/mol. The van der Waals surface area contributed by atoms with Gasteiger partial charge in [0.05, 0.1) is 22.3 Å². The largest absolute Gasteiger partial charge is 0.334 e. The van der Waals surface area contributed by atoms with E-state index >= 15 is 0 Å². The van der Waals surface area contributed by atoms with Crippen LogP contribution in [0.3, 0.4) is 0 Å². The van der Waals surface area contributed by atoms with Crippen LogP contribution in [0, 0.1) is 0 Å². The summed E-state index contributed by atoms with van der Waals surface area (Å²) in [7, 11) is 0. The van der Waals surface area contributed by atoms with Crippen molar-refractivity contribution in [1.82, 2.24) is 4.90 Å². The Kier molecular flexibility index (Phi) is 9.34. The molecule has 0 spiro atoms. The van der Waals surface area contributed by atoms with Gasteiger partial charge in [0.1, 0.15) is 0 Å². The molecule has 5 nitrogen and oxygen atoms in total. The van der Waals surface area contributed by atoms with Gasteiger partial charge in [-0.15, -0.1) is 0 Å². The highest BCUT2D eigenvalue weighted by molar-refractivity contribution is 6.39. The van der Waals surface area contributed by atoms with Crippen molar-refractivity contribution in [2.45, 2.75) is 39.5 Å². The van der Waals surface area contributed by atoms with E-state index in [-0.39, 0.29) is 31.1 Å². The SMILES string of the molecule is CCCc1ccc(C(=O)CCC(=O)N(CC)CC(=O)Nc2c(Cl)cccc2Cl)cc1. The second-order valence-corrected chi connectivity index (χ2v) is 7.74. The molecule has 30 heavy (non-hydrogen) atoms. The first kappa shape index (κ1) is 23.9. The van der Waals surface area contributed by atoms with Crippen molar-refractivity contribution in [3.8, 4) is 0 Å². The van der Waals surface area contributed by atoms with Crippen LogP contribution < -0.4 is 5.32 Å². The van der Waals surface area contributed by atoms with Crippen LogP contribution >= 0.6 is 23.2 Å². The quantitative estimate of drug-likeness (QED) is 0.494. The minimum absolute atomic E-state index is 0.0452. The summed E-state index contributed by atoms with van der Waals surface area (Å²) >= 11 is 12.1. The predicted octanol–water partition coefficient (Wildman–Crippen LogP) is 5.40. The first-order chi connectivity index (χ1) is 14.3. The Morgan fingerprint density at radius 2 is 1.57 bits per heavy atom. The molecular weight excluding hydrogens is 423 g/mol. The van der Waals surface area contributed by atoms with Crippen LogP contribution in [0.2, 0.25) is 10.0 Å². The average molecular weight is 449 g/mol. The summed E-state index contributed by atoms with van der Waals surface area (Å²) in [4.78, 5) is 38.6. The highest BCUT2D eigenvalue weighted by Gasteiger charge is 2.18. The van der Waals surface area contributed by atoms with Crippen molar-refractivity contribution in [3.63, 3.8) is 0 Å². The van der Waals surface area contributed by atoms with Crippen LogP contribution in [0.1, 0.15) is 49.0 Å². The van der Waals surface area contributed by atoms with Crippen LogP contribution in [-0.4, -0.2) is 35.6 Å². The van der Waals surface area contributed by atoms with Crippen molar-refractivity contribution in [2.75, 3.05) is 18.4 Å². The molecule has 0 fully saturated rings. The van der Waals surface area contributed by atoms with Gasteiger partial charge in [-0.25, -0.2) is 0 Å². The van der Waals surface area contributed by atoms with Crippen molar-refractivity contribution in [3.05, 3.63) is 63.6 Å². The van der Waals surface area contributed by atoms with Gasteiger partial charge in [-0.05, 0) is 31.0 Å². The lowest BCUT2D eigenvalue weighted by molar-refractivity contribution is -0.134. The minimum Gasteiger partial charge on any atom is -0.334 e. The first-order valence-corrected chi connectivity index (χ1v) is 10.7. The number of rotatable bonds is 10. The van der Waals surface area contributed by atoms with Crippen LogP contribution in [0.15, 0.2) is 42.5 Å². The first-order valence-electron chi connectivity index (χ1n) is 9.99. The molecular formula is C23H26Cl2N2O3. The molecule has 0 aliphatic heterocycles. The van der Waals surface area contributed by atoms with Crippen LogP contribution in [0.25, 0.3) is 0 Å². The third-order valence-electron chi connectivity index (χ3n) is 4.68. The maximum atomic E-state index is 12.5. The zero-order valence-electron chi connectivity index (χ0n) is 17.2. The molecule has 0 aromatic heterocycles. The molecule has 0 saturated carbocycles. The highest BCUT2D eigenvalue weighted by Crippen LogP contribution is 2.29. The molecule has 0 aliphatic rings. The summed E-state index contributed by atoms with van der Waals surface area (Å²) in [5, 5.41) is 3.28.